The molecule has 4 heteroatoms. The highest BCUT2D eigenvalue weighted by molar-refractivity contribution is 5.75. The van der Waals surface area contributed by atoms with E-state index in [1.807, 2.05) is 25.2 Å². The lowest BCUT2D eigenvalue weighted by molar-refractivity contribution is 0.187. The van der Waals surface area contributed by atoms with Crippen molar-refractivity contribution in [3.8, 4) is 0 Å². The Morgan fingerprint density at radius 1 is 1.56 bits per heavy atom. The first kappa shape index (κ1) is 11.0. The fraction of sp³-hybridized carbons (Fsp3) is 0.417. The van der Waals surface area contributed by atoms with Crippen molar-refractivity contribution >= 4 is 6.03 Å². The molecule has 4 nitrogen and oxygen atoms in total. The summed E-state index contributed by atoms with van der Waals surface area (Å²) in [7, 11) is 1.81. The van der Waals surface area contributed by atoms with Crippen LogP contribution < -0.4 is 11.1 Å². The summed E-state index contributed by atoms with van der Waals surface area (Å²) in [6.45, 7) is 1.33. The predicted octanol–water partition coefficient (Wildman–Crippen LogP) is 1.23. The Labute approximate surface area is 95.4 Å². The Balaban J connectivity index is 2.15. The van der Waals surface area contributed by atoms with Crippen molar-refractivity contribution < 1.29 is 4.79 Å². The van der Waals surface area contributed by atoms with Crippen molar-refractivity contribution in [2.75, 3.05) is 13.6 Å². The lowest BCUT2D eigenvalue weighted by Crippen LogP contribution is -2.45. The molecule has 1 aromatic carbocycles. The van der Waals surface area contributed by atoms with Gasteiger partial charge in [0.15, 0.2) is 0 Å². The fourth-order valence-electron chi connectivity index (χ4n) is 1.94. The molecule has 1 fully saturated rings. The molecule has 1 saturated heterocycles. The van der Waals surface area contributed by atoms with E-state index in [1.165, 1.54) is 0 Å². The van der Waals surface area contributed by atoms with Gasteiger partial charge in [-0.1, -0.05) is 24.3 Å². The molecule has 1 aliphatic rings. The van der Waals surface area contributed by atoms with Gasteiger partial charge in [0.25, 0.3) is 0 Å². The molecule has 0 aliphatic carbocycles. The SMILES string of the molecule is CN1CCC(c2cccc(CN)c2)NC1=O. The number of urea groups is 1. The van der Waals surface area contributed by atoms with Crippen LogP contribution in [-0.2, 0) is 6.54 Å². The van der Waals surface area contributed by atoms with Crippen LogP contribution in [-0.4, -0.2) is 24.5 Å². The van der Waals surface area contributed by atoms with Crippen molar-refractivity contribution in [1.82, 2.24) is 10.2 Å². The van der Waals surface area contributed by atoms with Gasteiger partial charge in [0.2, 0.25) is 0 Å². The molecule has 1 aliphatic heterocycles. The van der Waals surface area contributed by atoms with Gasteiger partial charge in [0.05, 0.1) is 6.04 Å². The van der Waals surface area contributed by atoms with Crippen molar-refractivity contribution in [1.29, 1.82) is 0 Å². The highest BCUT2D eigenvalue weighted by Crippen LogP contribution is 2.21. The highest BCUT2D eigenvalue weighted by atomic mass is 16.2. The number of nitrogens with zero attached hydrogens (tertiary/aromatic N) is 1. The number of carbonyl (C=O) groups excluding carboxylic acids is 1. The van der Waals surface area contributed by atoms with Crippen LogP contribution in [0.15, 0.2) is 24.3 Å². The van der Waals surface area contributed by atoms with Crippen LogP contribution in [0, 0.1) is 0 Å². The average molecular weight is 219 g/mol. The van der Waals surface area contributed by atoms with Crippen LogP contribution in [0.2, 0.25) is 0 Å². The Kier molecular flexibility index (Phi) is 3.10. The van der Waals surface area contributed by atoms with E-state index < -0.39 is 0 Å². The second kappa shape index (κ2) is 4.53. The quantitative estimate of drug-likeness (QED) is 0.786. The van der Waals surface area contributed by atoms with E-state index in [2.05, 4.69) is 11.4 Å². The number of carbonyl (C=O) groups is 1. The number of nitrogens with one attached hydrogen (secondary N) is 1. The monoisotopic (exact) mass is 219 g/mol. The number of benzene rings is 1. The van der Waals surface area contributed by atoms with Gasteiger partial charge in [-0.25, -0.2) is 4.79 Å². The molecule has 86 valence electrons. The molecule has 0 radical (unpaired) electrons. The first-order valence-corrected chi connectivity index (χ1v) is 5.51. The maximum Gasteiger partial charge on any atom is 0.317 e. The molecule has 2 amide bonds. The van der Waals surface area contributed by atoms with Gasteiger partial charge in [-0.05, 0) is 17.5 Å². The van der Waals surface area contributed by atoms with Crippen molar-refractivity contribution in [2.45, 2.75) is 19.0 Å². The van der Waals surface area contributed by atoms with Crippen LogP contribution in [0.5, 0.6) is 0 Å². The van der Waals surface area contributed by atoms with Gasteiger partial charge < -0.3 is 16.0 Å². The summed E-state index contributed by atoms with van der Waals surface area (Å²) in [5.41, 5.74) is 7.85. The zero-order valence-electron chi connectivity index (χ0n) is 9.44. The van der Waals surface area contributed by atoms with E-state index in [0.29, 0.717) is 6.54 Å². The summed E-state index contributed by atoms with van der Waals surface area (Å²) in [5.74, 6) is 0. The molecule has 0 saturated carbocycles. The fourth-order valence-corrected chi connectivity index (χ4v) is 1.94. The molecule has 0 aromatic heterocycles. The highest BCUT2D eigenvalue weighted by Gasteiger charge is 2.22. The van der Waals surface area contributed by atoms with Crippen molar-refractivity contribution in [3.63, 3.8) is 0 Å². The van der Waals surface area contributed by atoms with Crippen LogP contribution in [0.25, 0.3) is 0 Å². The average Bonchev–Trinajstić information content (AvgIpc) is 2.33. The Hall–Kier alpha value is -1.55. The van der Waals surface area contributed by atoms with Gasteiger partial charge in [0.1, 0.15) is 0 Å². The molecule has 2 rings (SSSR count). The standard InChI is InChI=1S/C12H17N3O/c1-15-6-5-11(14-12(15)16)10-4-2-3-9(7-10)8-13/h2-4,7,11H,5-6,8,13H2,1H3,(H,14,16). The molecule has 1 atom stereocenters. The first-order valence-electron chi connectivity index (χ1n) is 5.51. The Morgan fingerprint density at radius 3 is 3.06 bits per heavy atom. The van der Waals surface area contributed by atoms with Crippen LogP contribution in [0.3, 0.4) is 0 Å². The normalized spacial score (nSPS) is 20.8. The van der Waals surface area contributed by atoms with Crippen molar-refractivity contribution in [2.24, 2.45) is 5.73 Å². The van der Waals surface area contributed by atoms with E-state index in [1.54, 1.807) is 4.90 Å². The van der Waals surface area contributed by atoms with Crippen LogP contribution in [0.1, 0.15) is 23.6 Å². The minimum absolute atomic E-state index is 0.00518. The number of nitrogens with two attached hydrogens (primary N) is 1. The third kappa shape index (κ3) is 2.17. The zero-order chi connectivity index (χ0) is 11.5. The second-order valence-electron chi connectivity index (χ2n) is 4.16. The first-order chi connectivity index (χ1) is 7.70. The zero-order valence-corrected chi connectivity index (χ0v) is 9.44. The number of amides is 2. The summed E-state index contributed by atoms with van der Waals surface area (Å²) < 4.78 is 0. The number of hydrogen-bond acceptors (Lipinski definition) is 2. The third-order valence-electron chi connectivity index (χ3n) is 2.99. The molecule has 1 heterocycles. The molecule has 1 aromatic rings. The maximum absolute atomic E-state index is 11.5. The van der Waals surface area contributed by atoms with Crippen LogP contribution in [0.4, 0.5) is 4.79 Å². The molecule has 3 N–H and O–H groups in total. The summed E-state index contributed by atoms with van der Waals surface area (Å²) in [5, 5.41) is 2.98. The largest absolute Gasteiger partial charge is 0.331 e. The van der Waals surface area contributed by atoms with Crippen molar-refractivity contribution in [3.05, 3.63) is 35.4 Å². The molecular weight excluding hydrogens is 202 g/mol. The molecular formula is C12H17N3O. The maximum atomic E-state index is 11.5. The van der Waals surface area contributed by atoms with Gasteiger partial charge >= 0.3 is 6.03 Å². The van der Waals surface area contributed by atoms with Gasteiger partial charge in [-0.2, -0.15) is 0 Å². The van der Waals surface area contributed by atoms with E-state index in [0.717, 1.165) is 24.1 Å². The molecule has 0 spiro atoms. The summed E-state index contributed by atoms with van der Waals surface area (Å²) >= 11 is 0. The van der Waals surface area contributed by atoms with E-state index in [4.69, 9.17) is 5.73 Å². The lowest BCUT2D eigenvalue weighted by atomic mass is 10.00. The van der Waals surface area contributed by atoms with E-state index in [-0.39, 0.29) is 12.1 Å². The van der Waals surface area contributed by atoms with Gasteiger partial charge in [-0.3, -0.25) is 0 Å². The smallest absolute Gasteiger partial charge is 0.317 e. The number of rotatable bonds is 2. The molecule has 16 heavy (non-hydrogen) atoms. The summed E-state index contributed by atoms with van der Waals surface area (Å²) in [6.07, 6.45) is 0.941. The van der Waals surface area contributed by atoms with E-state index >= 15 is 0 Å². The summed E-state index contributed by atoms with van der Waals surface area (Å²) in [4.78, 5) is 13.2. The van der Waals surface area contributed by atoms with Crippen LogP contribution >= 0.6 is 0 Å². The lowest BCUT2D eigenvalue weighted by Gasteiger charge is -2.30. The predicted molar refractivity (Wildman–Crippen MR) is 62.9 cm³/mol. The van der Waals surface area contributed by atoms with Gasteiger partial charge in [0, 0.05) is 20.1 Å². The number of hydrogen-bond donors (Lipinski definition) is 2. The molecule has 0 bridgehead atoms. The molecule has 1 unspecified atom stereocenters. The topological polar surface area (TPSA) is 58.4 Å². The Bertz CT molecular complexity index is 392. The minimum Gasteiger partial charge on any atom is -0.331 e. The van der Waals surface area contributed by atoms with Gasteiger partial charge in [-0.15, -0.1) is 0 Å². The Morgan fingerprint density at radius 2 is 2.38 bits per heavy atom. The third-order valence-corrected chi connectivity index (χ3v) is 2.99. The minimum atomic E-state index is -0.00518. The van der Waals surface area contributed by atoms with E-state index in [9.17, 15) is 4.79 Å². The second-order valence-corrected chi connectivity index (χ2v) is 4.16. The summed E-state index contributed by atoms with van der Waals surface area (Å²) in [6, 6.07) is 8.21.